The minimum absolute atomic E-state index is 0.0385. The average molecular weight is 458 g/mol. The second kappa shape index (κ2) is 10.2. The van der Waals surface area contributed by atoms with Crippen molar-refractivity contribution >= 4 is 23.2 Å². The van der Waals surface area contributed by atoms with Crippen LogP contribution in [-0.2, 0) is 0 Å². The summed E-state index contributed by atoms with van der Waals surface area (Å²) in [6.07, 6.45) is 5.32. The molecule has 1 amide bonds. The molecule has 0 bridgehead atoms. The molecule has 0 fully saturated rings. The summed E-state index contributed by atoms with van der Waals surface area (Å²) in [5.74, 6) is -0.873. The number of nitrogens with zero attached hydrogens (tertiary/aromatic N) is 5. The van der Waals surface area contributed by atoms with Gasteiger partial charge in [-0.3, -0.25) is 4.79 Å². The first-order chi connectivity index (χ1) is 15.7. The van der Waals surface area contributed by atoms with Gasteiger partial charge in [-0.05, 0) is 31.4 Å². The number of ether oxygens (including phenoxy) is 1. The highest BCUT2D eigenvalue weighted by molar-refractivity contribution is 5.98. The van der Waals surface area contributed by atoms with E-state index in [-0.39, 0.29) is 29.3 Å². The summed E-state index contributed by atoms with van der Waals surface area (Å²) < 4.78 is 21.5. The molecule has 0 unspecified atom stereocenters. The summed E-state index contributed by atoms with van der Waals surface area (Å²) in [7, 11) is 1.48. The van der Waals surface area contributed by atoms with E-state index in [4.69, 9.17) is 16.2 Å². The van der Waals surface area contributed by atoms with E-state index in [1.54, 1.807) is 12.3 Å². The van der Waals surface area contributed by atoms with Crippen LogP contribution < -0.4 is 26.8 Å². The molecule has 0 aliphatic rings. The van der Waals surface area contributed by atoms with Crippen LogP contribution in [0.15, 0.2) is 30.7 Å². The molecule has 0 saturated carbocycles. The molecule has 2 atom stereocenters. The summed E-state index contributed by atoms with van der Waals surface area (Å²) in [6, 6.07) is 2.24. The minimum Gasteiger partial charge on any atom is -0.479 e. The number of methoxy groups -OCH3 is 1. The van der Waals surface area contributed by atoms with Gasteiger partial charge < -0.3 is 26.8 Å². The smallest absolute Gasteiger partial charge is 0.252 e. The summed E-state index contributed by atoms with van der Waals surface area (Å²) in [4.78, 5) is 20.5. The lowest BCUT2D eigenvalue weighted by Crippen LogP contribution is -2.39. The van der Waals surface area contributed by atoms with E-state index in [1.807, 2.05) is 20.8 Å². The molecule has 0 aliphatic carbocycles. The number of hydrogen-bond donors (Lipinski definition) is 4. The first-order valence-electron chi connectivity index (χ1n) is 10.4. The monoisotopic (exact) mass is 457 g/mol. The third-order valence-corrected chi connectivity index (χ3v) is 4.88. The van der Waals surface area contributed by atoms with Gasteiger partial charge >= 0.3 is 0 Å². The van der Waals surface area contributed by atoms with Crippen LogP contribution in [0.2, 0.25) is 0 Å². The normalized spacial score (nSPS) is 12.9. The highest BCUT2D eigenvalue weighted by Crippen LogP contribution is 2.28. The topological polar surface area (TPSA) is 159 Å². The molecular formula is C21H28FN9O2. The summed E-state index contributed by atoms with van der Waals surface area (Å²) in [5, 5.41) is 13.8. The Balaban J connectivity index is 1.99. The molecule has 176 valence electrons. The van der Waals surface area contributed by atoms with Crippen molar-refractivity contribution in [3.63, 3.8) is 0 Å². The Bertz CT molecular complexity index is 1100. The van der Waals surface area contributed by atoms with Gasteiger partial charge in [-0.2, -0.15) is 0 Å². The molecule has 0 spiro atoms. The molecular weight excluding hydrogens is 429 g/mol. The first-order valence-corrected chi connectivity index (χ1v) is 10.4. The minimum atomic E-state index is -0.834. The number of pyridine rings is 2. The summed E-state index contributed by atoms with van der Waals surface area (Å²) >= 11 is 0. The van der Waals surface area contributed by atoms with Crippen LogP contribution >= 0.6 is 0 Å². The van der Waals surface area contributed by atoms with Crippen LogP contribution in [0.1, 0.15) is 37.6 Å². The molecule has 3 rings (SSSR count). The maximum absolute atomic E-state index is 14.8. The number of nitrogens with two attached hydrogens (primary N) is 2. The highest BCUT2D eigenvalue weighted by atomic mass is 19.1. The molecule has 0 aliphatic heterocycles. The number of halogens is 1. The lowest BCUT2D eigenvalue weighted by Gasteiger charge is -2.25. The fourth-order valence-corrected chi connectivity index (χ4v) is 3.27. The predicted molar refractivity (Wildman–Crippen MR) is 122 cm³/mol. The standard InChI is InChI=1S/C21H28FN9O2/c1-11(2)7-16(12(3)23)28-20-15(22)9-14(18(24)32)19(29-20)27-13-8-17(21(33-4)25-10-13)31-6-5-26-30-31/h5-6,8-12,16H,7,23H2,1-4H3,(H2,24,32)(H2,27,28,29)/t12-,16+/m0/s1. The highest BCUT2D eigenvalue weighted by Gasteiger charge is 2.21. The van der Waals surface area contributed by atoms with Crippen molar-refractivity contribution in [2.75, 3.05) is 17.7 Å². The Labute approximate surface area is 190 Å². The predicted octanol–water partition coefficient (Wildman–Crippen LogP) is 2.22. The molecule has 0 aromatic carbocycles. The molecule has 12 heteroatoms. The van der Waals surface area contributed by atoms with Gasteiger partial charge in [0.25, 0.3) is 5.91 Å². The Hall–Kier alpha value is -3.80. The maximum atomic E-state index is 14.8. The Kier molecular flexibility index (Phi) is 7.38. The maximum Gasteiger partial charge on any atom is 0.252 e. The van der Waals surface area contributed by atoms with Crippen molar-refractivity contribution in [3.8, 4) is 11.6 Å². The average Bonchev–Trinajstić information content (AvgIpc) is 3.29. The Morgan fingerprint density at radius 2 is 2.03 bits per heavy atom. The molecule has 0 saturated heterocycles. The Morgan fingerprint density at radius 1 is 1.27 bits per heavy atom. The number of nitrogens with one attached hydrogen (secondary N) is 2. The fourth-order valence-electron chi connectivity index (χ4n) is 3.27. The number of aromatic nitrogens is 5. The van der Waals surface area contributed by atoms with Crippen LogP contribution in [0.5, 0.6) is 5.88 Å². The lowest BCUT2D eigenvalue weighted by atomic mass is 9.99. The Morgan fingerprint density at radius 3 is 2.61 bits per heavy atom. The zero-order chi connectivity index (χ0) is 24.1. The van der Waals surface area contributed by atoms with Crippen LogP contribution in [0, 0.1) is 11.7 Å². The van der Waals surface area contributed by atoms with Crippen LogP contribution in [0.4, 0.5) is 21.7 Å². The molecule has 3 aromatic rings. The van der Waals surface area contributed by atoms with Gasteiger partial charge in [-0.15, -0.1) is 5.10 Å². The van der Waals surface area contributed by atoms with E-state index in [9.17, 15) is 9.18 Å². The van der Waals surface area contributed by atoms with Crippen LogP contribution in [0.25, 0.3) is 5.69 Å². The zero-order valence-electron chi connectivity index (χ0n) is 18.9. The van der Waals surface area contributed by atoms with Crippen LogP contribution in [-0.4, -0.2) is 50.1 Å². The van der Waals surface area contributed by atoms with Gasteiger partial charge in [-0.25, -0.2) is 19.0 Å². The van der Waals surface area contributed by atoms with E-state index in [0.717, 1.165) is 6.07 Å². The first kappa shape index (κ1) is 23.9. The SMILES string of the molecule is COc1ncc(Nc2nc(N[C@H](CC(C)C)[C@H](C)N)c(F)cc2C(N)=O)cc1-n1ccnn1. The van der Waals surface area contributed by atoms with Crippen molar-refractivity contribution in [1.82, 2.24) is 25.0 Å². The molecule has 33 heavy (non-hydrogen) atoms. The number of amides is 1. The summed E-state index contributed by atoms with van der Waals surface area (Å²) in [5.41, 5.74) is 12.4. The molecule has 6 N–H and O–H groups in total. The van der Waals surface area contributed by atoms with E-state index >= 15 is 0 Å². The van der Waals surface area contributed by atoms with E-state index < -0.39 is 11.7 Å². The van der Waals surface area contributed by atoms with Crippen molar-refractivity contribution < 1.29 is 13.9 Å². The summed E-state index contributed by atoms with van der Waals surface area (Å²) in [6.45, 7) is 5.93. The van der Waals surface area contributed by atoms with Gasteiger partial charge in [0.2, 0.25) is 5.88 Å². The third kappa shape index (κ3) is 5.71. The molecule has 3 aromatic heterocycles. The van der Waals surface area contributed by atoms with Gasteiger partial charge in [0, 0.05) is 12.1 Å². The number of carbonyl (C=O) groups excluding carboxylic acids is 1. The number of hydrogen-bond acceptors (Lipinski definition) is 9. The molecule has 0 radical (unpaired) electrons. The van der Waals surface area contributed by atoms with Gasteiger partial charge in [-0.1, -0.05) is 19.1 Å². The second-order valence-electron chi connectivity index (χ2n) is 8.04. The quantitative estimate of drug-likeness (QED) is 0.358. The third-order valence-electron chi connectivity index (χ3n) is 4.88. The van der Waals surface area contributed by atoms with Crippen molar-refractivity contribution in [1.29, 1.82) is 0 Å². The number of rotatable bonds is 10. The van der Waals surface area contributed by atoms with Gasteiger partial charge in [0.1, 0.15) is 11.5 Å². The largest absolute Gasteiger partial charge is 0.479 e. The zero-order valence-corrected chi connectivity index (χ0v) is 18.9. The second-order valence-corrected chi connectivity index (χ2v) is 8.04. The van der Waals surface area contributed by atoms with Crippen LogP contribution in [0.3, 0.4) is 0 Å². The molecule has 11 nitrogen and oxygen atoms in total. The van der Waals surface area contributed by atoms with Gasteiger partial charge in [0.05, 0.1) is 37.0 Å². The lowest BCUT2D eigenvalue weighted by molar-refractivity contribution is 0.100. The van der Waals surface area contributed by atoms with E-state index in [1.165, 1.54) is 24.2 Å². The van der Waals surface area contributed by atoms with E-state index in [0.29, 0.717) is 29.6 Å². The van der Waals surface area contributed by atoms with Crippen molar-refractivity contribution in [2.24, 2.45) is 17.4 Å². The van der Waals surface area contributed by atoms with Crippen molar-refractivity contribution in [2.45, 2.75) is 39.3 Å². The van der Waals surface area contributed by atoms with Gasteiger partial charge in [0.15, 0.2) is 11.6 Å². The van der Waals surface area contributed by atoms with Crippen molar-refractivity contribution in [3.05, 3.63) is 42.1 Å². The number of anilines is 3. The fraction of sp³-hybridized carbons (Fsp3) is 0.381. The van der Waals surface area contributed by atoms with E-state index in [2.05, 4.69) is 30.9 Å². The molecule has 3 heterocycles. The number of primary amides is 1. The number of carbonyl (C=O) groups is 1.